The van der Waals surface area contributed by atoms with Crippen molar-refractivity contribution in [3.63, 3.8) is 0 Å². The Balaban J connectivity index is 1.82. The maximum atomic E-state index is 10.5. The monoisotopic (exact) mass is 306 g/mol. The molecule has 0 saturated carbocycles. The molecule has 110 valence electrons. The van der Waals surface area contributed by atoms with E-state index in [-0.39, 0.29) is 11.4 Å². The van der Waals surface area contributed by atoms with Gasteiger partial charge in [-0.05, 0) is 24.6 Å². The lowest BCUT2D eigenvalue weighted by Gasteiger charge is -2.08. The minimum absolute atomic E-state index is 0.0931. The fraction of sp³-hybridized carbons (Fsp3) is 0.200. The van der Waals surface area contributed by atoms with Crippen molar-refractivity contribution in [2.75, 3.05) is 6.54 Å². The molecule has 0 aliphatic rings. The Bertz CT molecular complexity index is 629. The van der Waals surface area contributed by atoms with Gasteiger partial charge in [-0.3, -0.25) is 10.1 Å². The Labute approximate surface area is 127 Å². The van der Waals surface area contributed by atoms with Crippen LogP contribution in [0.3, 0.4) is 0 Å². The van der Waals surface area contributed by atoms with Crippen molar-refractivity contribution in [2.24, 2.45) is 0 Å². The maximum absolute atomic E-state index is 10.5. The van der Waals surface area contributed by atoms with Gasteiger partial charge in [0.15, 0.2) is 0 Å². The Morgan fingerprint density at radius 1 is 1.19 bits per heavy atom. The van der Waals surface area contributed by atoms with E-state index in [0.717, 1.165) is 17.5 Å². The number of aromatic hydroxyl groups is 1. The van der Waals surface area contributed by atoms with Crippen LogP contribution in [0.4, 0.5) is 5.69 Å². The van der Waals surface area contributed by atoms with Gasteiger partial charge in [0.25, 0.3) is 5.69 Å². The second kappa shape index (κ2) is 7.06. The molecule has 0 amide bonds. The molecule has 0 aliphatic carbocycles. The van der Waals surface area contributed by atoms with Crippen molar-refractivity contribution in [2.45, 2.75) is 13.0 Å². The lowest BCUT2D eigenvalue weighted by atomic mass is 10.1. The third-order valence-corrected chi connectivity index (χ3v) is 3.43. The number of phenolic OH excluding ortho intramolecular Hbond substituents is 1. The molecule has 21 heavy (non-hydrogen) atoms. The maximum Gasteiger partial charge on any atom is 0.269 e. The average Bonchev–Trinajstić information content (AvgIpc) is 2.48. The topological polar surface area (TPSA) is 75.4 Å². The van der Waals surface area contributed by atoms with E-state index in [2.05, 4.69) is 5.32 Å². The molecular formula is C15H15ClN2O3. The van der Waals surface area contributed by atoms with E-state index in [9.17, 15) is 15.2 Å². The van der Waals surface area contributed by atoms with Gasteiger partial charge < -0.3 is 10.4 Å². The van der Waals surface area contributed by atoms with Crippen LogP contribution in [-0.2, 0) is 13.0 Å². The van der Waals surface area contributed by atoms with Crippen LogP contribution in [0, 0.1) is 10.1 Å². The molecule has 2 aromatic rings. The number of hydrogen-bond acceptors (Lipinski definition) is 4. The number of non-ortho nitro benzene ring substituents is 1. The number of nitro benzene ring substituents is 1. The third kappa shape index (κ3) is 4.18. The van der Waals surface area contributed by atoms with Crippen molar-refractivity contribution in [1.29, 1.82) is 0 Å². The largest absolute Gasteiger partial charge is 0.506 e. The van der Waals surface area contributed by atoms with Crippen LogP contribution in [0.25, 0.3) is 0 Å². The first kappa shape index (κ1) is 15.3. The normalized spacial score (nSPS) is 10.5. The van der Waals surface area contributed by atoms with Crippen molar-refractivity contribution in [1.82, 2.24) is 5.32 Å². The van der Waals surface area contributed by atoms with Gasteiger partial charge in [0.05, 0.1) is 9.95 Å². The molecular weight excluding hydrogens is 292 g/mol. The molecule has 0 bridgehead atoms. The molecule has 2 aromatic carbocycles. The van der Waals surface area contributed by atoms with E-state index in [1.54, 1.807) is 30.3 Å². The van der Waals surface area contributed by atoms with E-state index in [1.807, 2.05) is 0 Å². The van der Waals surface area contributed by atoms with Gasteiger partial charge in [-0.25, -0.2) is 0 Å². The zero-order chi connectivity index (χ0) is 15.2. The summed E-state index contributed by atoms with van der Waals surface area (Å²) in [6.07, 6.45) is 0.749. The Morgan fingerprint density at radius 2 is 1.90 bits per heavy atom. The summed E-state index contributed by atoms with van der Waals surface area (Å²) in [7, 11) is 0. The number of hydrogen-bond donors (Lipinski definition) is 2. The molecule has 0 saturated heterocycles. The van der Waals surface area contributed by atoms with Gasteiger partial charge >= 0.3 is 0 Å². The SMILES string of the molecule is O=[N+]([O-])c1ccc(CCNCc2cccc(Cl)c2O)cc1. The Morgan fingerprint density at radius 3 is 2.57 bits per heavy atom. The van der Waals surface area contributed by atoms with Crippen LogP contribution in [-0.4, -0.2) is 16.6 Å². The van der Waals surface area contributed by atoms with Crippen LogP contribution in [0.5, 0.6) is 5.75 Å². The molecule has 0 spiro atoms. The molecule has 2 N–H and O–H groups in total. The van der Waals surface area contributed by atoms with Crippen molar-refractivity contribution in [3.05, 3.63) is 68.7 Å². The van der Waals surface area contributed by atoms with Crippen LogP contribution < -0.4 is 5.32 Å². The fourth-order valence-corrected chi connectivity index (χ4v) is 2.14. The first-order chi connectivity index (χ1) is 10.1. The number of benzene rings is 2. The Kier molecular flexibility index (Phi) is 5.14. The zero-order valence-electron chi connectivity index (χ0n) is 11.3. The quantitative estimate of drug-likeness (QED) is 0.488. The molecule has 0 fully saturated rings. The summed E-state index contributed by atoms with van der Waals surface area (Å²) in [5.74, 6) is 0.0991. The predicted octanol–water partition coefficient (Wildman–Crippen LogP) is 3.29. The molecule has 0 aliphatic heterocycles. The third-order valence-electron chi connectivity index (χ3n) is 3.12. The number of rotatable bonds is 6. The van der Waals surface area contributed by atoms with Crippen LogP contribution in [0.1, 0.15) is 11.1 Å². The summed E-state index contributed by atoms with van der Waals surface area (Å²) in [5.41, 5.74) is 1.85. The summed E-state index contributed by atoms with van der Waals surface area (Å²) >= 11 is 5.83. The first-order valence-corrected chi connectivity index (χ1v) is 6.86. The van der Waals surface area contributed by atoms with Crippen LogP contribution in [0.15, 0.2) is 42.5 Å². The van der Waals surface area contributed by atoms with Gasteiger partial charge in [-0.2, -0.15) is 0 Å². The minimum Gasteiger partial charge on any atom is -0.506 e. The Hall–Kier alpha value is -2.11. The lowest BCUT2D eigenvalue weighted by molar-refractivity contribution is -0.384. The van der Waals surface area contributed by atoms with Gasteiger partial charge in [0.2, 0.25) is 0 Å². The summed E-state index contributed by atoms with van der Waals surface area (Å²) in [6.45, 7) is 1.21. The number of nitrogens with one attached hydrogen (secondary N) is 1. The van der Waals surface area contributed by atoms with Gasteiger partial charge in [0.1, 0.15) is 5.75 Å². The number of nitro groups is 1. The minimum atomic E-state index is -0.413. The molecule has 5 nitrogen and oxygen atoms in total. The summed E-state index contributed by atoms with van der Waals surface area (Å²) in [5, 5.41) is 23.8. The first-order valence-electron chi connectivity index (χ1n) is 6.48. The van der Waals surface area contributed by atoms with E-state index < -0.39 is 4.92 Å². The number of halogens is 1. The molecule has 0 aromatic heterocycles. The highest BCUT2D eigenvalue weighted by Crippen LogP contribution is 2.26. The second-order valence-corrected chi connectivity index (χ2v) is 5.01. The lowest BCUT2D eigenvalue weighted by Crippen LogP contribution is -2.16. The number of nitrogens with zero attached hydrogens (tertiary/aromatic N) is 1. The van der Waals surface area contributed by atoms with E-state index in [1.165, 1.54) is 12.1 Å². The van der Waals surface area contributed by atoms with Crippen LogP contribution in [0.2, 0.25) is 5.02 Å². The second-order valence-electron chi connectivity index (χ2n) is 4.60. The highest BCUT2D eigenvalue weighted by molar-refractivity contribution is 6.32. The van der Waals surface area contributed by atoms with Crippen molar-refractivity contribution in [3.8, 4) is 5.75 Å². The van der Waals surface area contributed by atoms with E-state index >= 15 is 0 Å². The summed E-state index contributed by atoms with van der Waals surface area (Å²) in [6, 6.07) is 11.7. The highest BCUT2D eigenvalue weighted by Gasteiger charge is 2.05. The number of para-hydroxylation sites is 1. The predicted molar refractivity (Wildman–Crippen MR) is 81.6 cm³/mol. The molecule has 0 atom stereocenters. The van der Waals surface area contributed by atoms with Crippen molar-refractivity contribution >= 4 is 17.3 Å². The smallest absolute Gasteiger partial charge is 0.269 e. The van der Waals surface area contributed by atoms with Gasteiger partial charge in [-0.15, -0.1) is 0 Å². The molecule has 0 radical (unpaired) electrons. The summed E-state index contributed by atoms with van der Waals surface area (Å²) in [4.78, 5) is 10.1. The molecule has 2 rings (SSSR count). The highest BCUT2D eigenvalue weighted by atomic mass is 35.5. The fourth-order valence-electron chi connectivity index (χ4n) is 1.94. The molecule has 0 heterocycles. The van der Waals surface area contributed by atoms with E-state index in [0.29, 0.717) is 18.1 Å². The standard InChI is InChI=1S/C15H15ClN2O3/c16-14-3-1-2-12(15(14)19)10-17-9-8-11-4-6-13(7-5-11)18(20)21/h1-7,17,19H,8-10H2. The van der Waals surface area contributed by atoms with Crippen molar-refractivity contribution < 1.29 is 10.0 Å². The van der Waals surface area contributed by atoms with Gasteiger partial charge in [0, 0.05) is 24.2 Å². The number of phenols is 1. The van der Waals surface area contributed by atoms with E-state index in [4.69, 9.17) is 11.6 Å². The van der Waals surface area contributed by atoms with Gasteiger partial charge in [-0.1, -0.05) is 35.9 Å². The molecule has 6 heteroatoms. The molecule has 0 unspecified atom stereocenters. The van der Waals surface area contributed by atoms with Crippen LogP contribution >= 0.6 is 11.6 Å². The zero-order valence-corrected chi connectivity index (χ0v) is 12.0. The summed E-state index contributed by atoms with van der Waals surface area (Å²) < 4.78 is 0. The average molecular weight is 307 g/mol.